The second-order valence-electron chi connectivity index (χ2n) is 26.0. The van der Waals surface area contributed by atoms with Crippen LogP contribution < -0.4 is 0 Å². The minimum Gasteiger partial charge on any atom is -0.463 e. The molecule has 542 valence electrons. The van der Waals surface area contributed by atoms with Crippen molar-refractivity contribution in [2.75, 3.05) is 26.4 Å². The molecule has 3 aliphatic rings. The normalized spacial score (nSPS) is 28.6. The summed E-state index contributed by atoms with van der Waals surface area (Å²) in [4.78, 5) is 50.8. The second kappa shape index (κ2) is 50.3. The van der Waals surface area contributed by atoms with Crippen LogP contribution in [0.4, 0.5) is 0 Å². The Balaban J connectivity index is 1.75. The third-order valence-electron chi connectivity index (χ3n) is 17.9. The molecule has 1 aliphatic carbocycles. The SMILES string of the molecule is CCCCCCCCCCCCCCCCC(=O)OCC1OC(OC2C(O)C(O)C(O)C(OC3OC(CO)C(O)C(O)C3O)C2OP(=O)(O)OCC(COC(=O)CCCCCCCCCCCCCC)OC(=O)CCCCCCCCCCCCC)C(O)C(O)C1O. The van der Waals surface area contributed by atoms with E-state index >= 15 is 0 Å². The zero-order valence-corrected chi connectivity index (χ0v) is 57.0. The van der Waals surface area contributed by atoms with E-state index in [2.05, 4.69) is 20.8 Å². The lowest BCUT2D eigenvalue weighted by molar-refractivity contribution is -0.360. The van der Waals surface area contributed by atoms with Crippen LogP contribution in [0.15, 0.2) is 0 Å². The molecule has 2 heterocycles. The summed E-state index contributed by atoms with van der Waals surface area (Å²) < 4.78 is 64.8. The molecule has 18 unspecified atom stereocenters. The summed E-state index contributed by atoms with van der Waals surface area (Å²) in [7, 11) is -5.68. The summed E-state index contributed by atoms with van der Waals surface area (Å²) in [5, 5.41) is 110. The van der Waals surface area contributed by atoms with Crippen LogP contribution in [0.1, 0.15) is 278 Å². The van der Waals surface area contributed by atoms with E-state index in [1.807, 2.05) is 0 Å². The summed E-state index contributed by atoms with van der Waals surface area (Å²) in [5.74, 6) is -1.98. The number of carbonyl (C=O) groups excluding carboxylic acids is 3. The third-order valence-corrected chi connectivity index (χ3v) is 18.9. The zero-order valence-electron chi connectivity index (χ0n) is 56.1. The fourth-order valence-corrected chi connectivity index (χ4v) is 13.0. The molecular formula is C67H125O24P. The number of ether oxygens (including phenoxy) is 7. The van der Waals surface area contributed by atoms with Gasteiger partial charge in [0.15, 0.2) is 18.7 Å². The summed E-state index contributed by atoms with van der Waals surface area (Å²) in [5.41, 5.74) is 0. The van der Waals surface area contributed by atoms with E-state index in [4.69, 9.17) is 42.2 Å². The number of phosphoric ester groups is 1. The van der Waals surface area contributed by atoms with Crippen LogP contribution in [0.5, 0.6) is 0 Å². The quantitative estimate of drug-likeness (QED) is 0.0117. The lowest BCUT2D eigenvalue weighted by Gasteiger charge is -2.49. The van der Waals surface area contributed by atoms with Crippen molar-refractivity contribution in [3.63, 3.8) is 0 Å². The standard InChI is InChI=1S/C67H125O24P/c1-4-7-10-13-16-19-22-24-25-28-30-33-36-39-42-52(70)84-47-50-55(73)57(75)62(80)67(88-50)90-64-60(78)58(76)59(77)63(89-66-61(79)56(74)54(72)49(44-68)87-66)65(64)91-92(81,82)85-46-48(86-53(71)43-40-37-34-31-26-21-18-15-12-9-6-3)45-83-51(69)41-38-35-32-29-27-23-20-17-14-11-8-5-2/h48-50,54-68,72-80H,4-47H2,1-3H3,(H,81,82). The molecule has 2 saturated heterocycles. The van der Waals surface area contributed by atoms with Crippen molar-refractivity contribution >= 4 is 25.7 Å². The number of hydrogen-bond donors (Lipinski definition) is 11. The molecule has 1 saturated carbocycles. The highest BCUT2D eigenvalue weighted by Crippen LogP contribution is 2.49. The summed E-state index contributed by atoms with van der Waals surface area (Å²) in [6, 6.07) is 0. The smallest absolute Gasteiger partial charge is 0.463 e. The first kappa shape index (κ1) is 84.2. The van der Waals surface area contributed by atoms with Gasteiger partial charge in [-0.05, 0) is 19.3 Å². The van der Waals surface area contributed by atoms with E-state index in [-0.39, 0.29) is 19.3 Å². The number of rotatable bonds is 55. The maximum absolute atomic E-state index is 14.3. The Morgan fingerprint density at radius 1 is 0.380 bits per heavy atom. The van der Waals surface area contributed by atoms with Crippen LogP contribution in [0.2, 0.25) is 0 Å². The van der Waals surface area contributed by atoms with Crippen molar-refractivity contribution in [2.24, 2.45) is 0 Å². The Bertz CT molecular complexity index is 1920. The molecule has 3 fully saturated rings. The highest BCUT2D eigenvalue weighted by atomic mass is 31.2. The van der Waals surface area contributed by atoms with Gasteiger partial charge >= 0.3 is 25.7 Å². The van der Waals surface area contributed by atoms with Crippen molar-refractivity contribution in [2.45, 2.75) is 382 Å². The van der Waals surface area contributed by atoms with Crippen molar-refractivity contribution < 1.29 is 117 Å². The van der Waals surface area contributed by atoms with Gasteiger partial charge in [0.1, 0.15) is 98.7 Å². The van der Waals surface area contributed by atoms with Gasteiger partial charge in [-0.3, -0.25) is 23.4 Å². The van der Waals surface area contributed by atoms with Crippen LogP contribution in [0.3, 0.4) is 0 Å². The van der Waals surface area contributed by atoms with E-state index in [0.29, 0.717) is 19.3 Å². The van der Waals surface area contributed by atoms with Crippen LogP contribution in [0.25, 0.3) is 0 Å². The Kier molecular flexibility index (Phi) is 46.0. The molecule has 2 aliphatic heterocycles. The maximum Gasteiger partial charge on any atom is 0.472 e. The minimum absolute atomic E-state index is 0.0336. The summed E-state index contributed by atoms with van der Waals surface area (Å²) >= 11 is 0. The average molecular weight is 1350 g/mol. The number of hydrogen-bond acceptors (Lipinski definition) is 23. The first-order valence-corrected chi connectivity index (χ1v) is 37.3. The molecule has 0 bridgehead atoms. The van der Waals surface area contributed by atoms with Crippen LogP contribution in [-0.2, 0) is 61.2 Å². The fourth-order valence-electron chi connectivity index (χ4n) is 12.0. The van der Waals surface area contributed by atoms with Crippen LogP contribution >= 0.6 is 7.82 Å². The third kappa shape index (κ3) is 34.0. The van der Waals surface area contributed by atoms with Crippen molar-refractivity contribution in [3.05, 3.63) is 0 Å². The predicted octanol–water partition coefficient (Wildman–Crippen LogP) is 8.62. The minimum atomic E-state index is -5.68. The first-order chi connectivity index (χ1) is 44.3. The van der Waals surface area contributed by atoms with Gasteiger partial charge in [-0.1, -0.05) is 239 Å². The molecule has 0 aromatic rings. The molecule has 11 N–H and O–H groups in total. The Morgan fingerprint density at radius 3 is 1.07 bits per heavy atom. The van der Waals surface area contributed by atoms with Crippen LogP contribution in [0, 0.1) is 0 Å². The maximum atomic E-state index is 14.3. The van der Waals surface area contributed by atoms with Crippen molar-refractivity contribution in [1.82, 2.24) is 0 Å². The number of unbranched alkanes of at least 4 members (excludes halogenated alkanes) is 34. The number of carbonyl (C=O) groups is 3. The van der Waals surface area contributed by atoms with Crippen molar-refractivity contribution in [3.8, 4) is 0 Å². The van der Waals surface area contributed by atoms with E-state index < -0.39 is 156 Å². The van der Waals surface area contributed by atoms with Gasteiger partial charge in [0.05, 0.1) is 13.2 Å². The monoisotopic (exact) mass is 1340 g/mol. The molecular weight excluding hydrogens is 1220 g/mol. The van der Waals surface area contributed by atoms with Crippen LogP contribution in [-0.4, -0.2) is 204 Å². The topological polar surface area (TPSA) is 374 Å². The lowest BCUT2D eigenvalue weighted by atomic mass is 9.84. The van der Waals surface area contributed by atoms with Gasteiger partial charge in [-0.15, -0.1) is 0 Å². The molecule has 3 rings (SSSR count). The van der Waals surface area contributed by atoms with Gasteiger partial charge < -0.3 is 89.1 Å². The molecule has 0 spiro atoms. The highest BCUT2D eigenvalue weighted by Gasteiger charge is 2.58. The van der Waals surface area contributed by atoms with Gasteiger partial charge in [-0.25, -0.2) is 4.57 Å². The summed E-state index contributed by atoms with van der Waals surface area (Å²) in [6.45, 7) is 3.42. The van der Waals surface area contributed by atoms with Gasteiger partial charge in [0.25, 0.3) is 0 Å². The molecule has 0 radical (unpaired) electrons. The molecule has 25 heteroatoms. The molecule has 24 nitrogen and oxygen atoms in total. The van der Waals surface area contributed by atoms with E-state index in [1.165, 1.54) is 122 Å². The van der Waals surface area contributed by atoms with Gasteiger partial charge in [-0.2, -0.15) is 0 Å². The number of aliphatic hydroxyl groups excluding tert-OH is 10. The molecule has 18 atom stereocenters. The lowest BCUT2D eigenvalue weighted by Crippen LogP contribution is -2.69. The Hall–Kier alpha value is -2.04. The Morgan fingerprint density at radius 2 is 0.696 bits per heavy atom. The van der Waals surface area contributed by atoms with Crippen molar-refractivity contribution in [1.29, 1.82) is 0 Å². The molecule has 0 amide bonds. The molecule has 92 heavy (non-hydrogen) atoms. The fraction of sp³-hybridized carbons (Fsp3) is 0.955. The summed E-state index contributed by atoms with van der Waals surface area (Å²) in [6.07, 6.45) is 4.89. The van der Waals surface area contributed by atoms with E-state index in [9.17, 15) is 74.9 Å². The largest absolute Gasteiger partial charge is 0.472 e. The number of aliphatic hydroxyl groups is 10. The van der Waals surface area contributed by atoms with E-state index in [0.717, 1.165) is 96.3 Å². The van der Waals surface area contributed by atoms with Gasteiger partial charge in [0, 0.05) is 19.3 Å². The second-order valence-corrected chi connectivity index (χ2v) is 27.4. The highest BCUT2D eigenvalue weighted by molar-refractivity contribution is 7.47. The molecule has 0 aromatic heterocycles. The zero-order chi connectivity index (χ0) is 67.5. The number of esters is 3. The average Bonchev–Trinajstić information content (AvgIpc) is 0.775. The predicted molar refractivity (Wildman–Crippen MR) is 342 cm³/mol. The Labute approximate surface area is 549 Å². The van der Waals surface area contributed by atoms with Gasteiger partial charge in [0.2, 0.25) is 0 Å². The number of phosphoric acid groups is 1. The van der Waals surface area contributed by atoms with E-state index in [1.54, 1.807) is 0 Å². The molecule has 0 aromatic carbocycles. The first-order valence-electron chi connectivity index (χ1n) is 35.8.